The molecule has 0 fully saturated rings. The molecule has 1 nitrogen and oxygen atoms in total. The minimum atomic E-state index is 0. The SMILES string of the molecule is B.C1=Cc2ccccc2OC1.[AlH3].[Zn]. The molecule has 0 aromatic heterocycles. The molecule has 0 aliphatic carbocycles. The van der Waals surface area contributed by atoms with Gasteiger partial charge in [0.25, 0.3) is 0 Å². The summed E-state index contributed by atoms with van der Waals surface area (Å²) in [4.78, 5) is 0. The van der Waals surface area contributed by atoms with Gasteiger partial charge in [0.1, 0.15) is 12.4 Å². The van der Waals surface area contributed by atoms with E-state index in [0.717, 1.165) is 5.75 Å². The Hall–Kier alpha value is -0.0192. The van der Waals surface area contributed by atoms with Gasteiger partial charge < -0.3 is 4.74 Å². The first-order valence-electron chi connectivity index (χ1n) is 3.35. The van der Waals surface area contributed by atoms with E-state index in [4.69, 9.17) is 4.74 Å². The zero-order valence-electron chi connectivity index (χ0n) is 6.29. The first kappa shape index (κ1) is 15.5. The van der Waals surface area contributed by atoms with Crippen LogP contribution in [-0.4, -0.2) is 32.4 Å². The van der Waals surface area contributed by atoms with Gasteiger partial charge in [-0.15, -0.1) is 0 Å². The smallest absolute Gasteiger partial charge is 0.187 e. The van der Waals surface area contributed by atoms with Gasteiger partial charge >= 0.3 is 0 Å². The van der Waals surface area contributed by atoms with Crippen LogP contribution in [0.2, 0.25) is 0 Å². The fraction of sp³-hybridized carbons (Fsp3) is 0.111. The minimum Gasteiger partial charge on any atom is -0.489 e. The zero-order chi connectivity index (χ0) is 6.81. The van der Waals surface area contributed by atoms with E-state index in [1.807, 2.05) is 30.3 Å². The van der Waals surface area contributed by atoms with Crippen LogP contribution in [0.25, 0.3) is 6.08 Å². The van der Waals surface area contributed by atoms with Gasteiger partial charge in [-0.2, -0.15) is 0 Å². The van der Waals surface area contributed by atoms with E-state index in [1.54, 1.807) is 0 Å². The summed E-state index contributed by atoms with van der Waals surface area (Å²) >= 11 is 0. The van der Waals surface area contributed by atoms with Crippen molar-refractivity contribution in [1.29, 1.82) is 0 Å². The Morgan fingerprint density at radius 2 is 1.85 bits per heavy atom. The van der Waals surface area contributed by atoms with E-state index in [1.165, 1.54) is 5.56 Å². The molecule has 0 radical (unpaired) electrons. The average molecular weight is 241 g/mol. The largest absolute Gasteiger partial charge is 0.489 e. The van der Waals surface area contributed by atoms with Crippen LogP contribution in [0.3, 0.4) is 0 Å². The van der Waals surface area contributed by atoms with E-state index in [9.17, 15) is 0 Å². The van der Waals surface area contributed by atoms with Crippen LogP contribution in [-0.2, 0) is 19.5 Å². The summed E-state index contributed by atoms with van der Waals surface area (Å²) in [5.41, 5.74) is 1.17. The Labute approximate surface area is 104 Å². The summed E-state index contributed by atoms with van der Waals surface area (Å²) in [6, 6.07) is 8.03. The molecule has 0 atom stereocenters. The molecule has 0 unspecified atom stereocenters. The van der Waals surface area contributed by atoms with Crippen molar-refractivity contribution in [2.45, 2.75) is 0 Å². The van der Waals surface area contributed by atoms with Crippen LogP contribution < -0.4 is 4.74 Å². The Morgan fingerprint density at radius 1 is 1.15 bits per heavy atom. The van der Waals surface area contributed by atoms with E-state index in [2.05, 4.69) is 6.08 Å². The molecule has 4 heteroatoms. The van der Waals surface area contributed by atoms with E-state index < -0.39 is 0 Å². The summed E-state index contributed by atoms with van der Waals surface area (Å²) in [7, 11) is 0. The molecule has 0 amide bonds. The van der Waals surface area contributed by atoms with Crippen molar-refractivity contribution in [3.63, 3.8) is 0 Å². The summed E-state index contributed by atoms with van der Waals surface area (Å²) in [5, 5.41) is 0. The Morgan fingerprint density at radius 3 is 2.54 bits per heavy atom. The molecule has 0 bridgehead atoms. The molecule has 0 spiro atoms. The molecule has 1 aromatic rings. The Balaban J connectivity index is 0. The van der Waals surface area contributed by atoms with E-state index in [0.29, 0.717) is 6.61 Å². The fourth-order valence-corrected chi connectivity index (χ4v) is 1.06. The number of ether oxygens (including phenoxy) is 1. The van der Waals surface area contributed by atoms with Crippen molar-refractivity contribution in [3.8, 4) is 5.75 Å². The third-order valence-electron chi connectivity index (χ3n) is 1.55. The maximum absolute atomic E-state index is 5.34. The second-order valence-electron chi connectivity index (χ2n) is 2.25. The predicted octanol–water partition coefficient (Wildman–Crippen LogP) is -0.278. The maximum Gasteiger partial charge on any atom is 0.187 e. The minimum absolute atomic E-state index is 0. The molecule has 0 N–H and O–H groups in total. The number of hydrogen-bond acceptors (Lipinski definition) is 1. The van der Waals surface area contributed by atoms with Gasteiger partial charge in [-0.05, 0) is 12.1 Å². The van der Waals surface area contributed by atoms with Gasteiger partial charge in [0.2, 0.25) is 0 Å². The Bertz CT molecular complexity index is 278. The zero-order valence-corrected chi connectivity index (χ0v) is 9.25. The van der Waals surface area contributed by atoms with Crippen LogP contribution in [0.4, 0.5) is 0 Å². The maximum atomic E-state index is 5.34. The quantitative estimate of drug-likeness (QED) is 0.568. The number of fused-ring (bicyclic) bond motifs is 1. The topological polar surface area (TPSA) is 9.23 Å². The van der Waals surface area contributed by atoms with Crippen LogP contribution in [0.5, 0.6) is 5.75 Å². The monoisotopic (exact) mass is 240 g/mol. The van der Waals surface area contributed by atoms with Crippen molar-refractivity contribution < 1.29 is 24.2 Å². The molecule has 2 rings (SSSR count). The number of benzene rings is 1. The third-order valence-corrected chi connectivity index (χ3v) is 1.55. The van der Waals surface area contributed by atoms with Gasteiger partial charge in [-0.1, -0.05) is 24.3 Å². The average Bonchev–Trinajstić information content (AvgIpc) is 2.05. The van der Waals surface area contributed by atoms with Crippen molar-refractivity contribution >= 4 is 31.9 Å². The first-order chi connectivity index (χ1) is 4.97. The van der Waals surface area contributed by atoms with Gasteiger partial charge in [0.05, 0.1) is 8.41 Å². The second kappa shape index (κ2) is 7.39. The van der Waals surface area contributed by atoms with E-state index >= 15 is 0 Å². The second-order valence-corrected chi connectivity index (χ2v) is 2.25. The van der Waals surface area contributed by atoms with Gasteiger partial charge in [0.15, 0.2) is 17.4 Å². The summed E-state index contributed by atoms with van der Waals surface area (Å²) < 4.78 is 5.34. The molecular weight excluding hydrogens is 227 g/mol. The van der Waals surface area contributed by atoms with Gasteiger partial charge in [-0.3, -0.25) is 0 Å². The summed E-state index contributed by atoms with van der Waals surface area (Å²) in [6.45, 7) is 0.705. The van der Waals surface area contributed by atoms with Gasteiger partial charge in [0, 0.05) is 25.0 Å². The number of para-hydroxylation sites is 1. The van der Waals surface area contributed by atoms with Crippen LogP contribution in [0.15, 0.2) is 30.3 Å². The van der Waals surface area contributed by atoms with Crippen LogP contribution in [0.1, 0.15) is 5.56 Å². The van der Waals surface area contributed by atoms with E-state index in [-0.39, 0.29) is 45.3 Å². The summed E-state index contributed by atoms with van der Waals surface area (Å²) in [6.07, 6.45) is 4.10. The Kier molecular flexibility index (Phi) is 8.79. The molecule has 64 valence electrons. The van der Waals surface area contributed by atoms with Crippen molar-refractivity contribution in [3.05, 3.63) is 35.9 Å². The fourth-order valence-electron chi connectivity index (χ4n) is 1.06. The molecule has 1 aromatic carbocycles. The van der Waals surface area contributed by atoms with Crippen molar-refractivity contribution in [1.82, 2.24) is 0 Å². The third kappa shape index (κ3) is 3.69. The predicted molar refractivity (Wildman–Crippen MR) is 60.8 cm³/mol. The molecule has 1 heterocycles. The molecule has 1 aliphatic rings. The van der Waals surface area contributed by atoms with Crippen LogP contribution >= 0.6 is 0 Å². The number of rotatable bonds is 0. The van der Waals surface area contributed by atoms with Crippen molar-refractivity contribution in [2.75, 3.05) is 6.61 Å². The molecule has 13 heavy (non-hydrogen) atoms. The molecule has 1 aliphatic heterocycles. The normalized spacial score (nSPS) is 10.8. The van der Waals surface area contributed by atoms with Crippen molar-refractivity contribution in [2.24, 2.45) is 0 Å². The molecule has 0 saturated heterocycles. The molecular formula is C9H14AlBOZn. The summed E-state index contributed by atoms with van der Waals surface area (Å²) in [5.74, 6) is 0.991. The number of hydrogen-bond donors (Lipinski definition) is 0. The van der Waals surface area contributed by atoms with Gasteiger partial charge in [-0.25, -0.2) is 0 Å². The van der Waals surface area contributed by atoms with Crippen LogP contribution in [0, 0.1) is 0 Å². The molecule has 0 saturated carbocycles. The standard InChI is InChI=1S/C9H8O.Al.BH3.Zn.3H/c1-2-6-9-8(4-1)5-3-7-10-9;;;;;;/h1-6H,7H2;;1H3;;;;. The first-order valence-corrected chi connectivity index (χ1v) is 3.35.